The quantitative estimate of drug-likeness (QED) is 0.881. The van der Waals surface area contributed by atoms with Gasteiger partial charge < -0.3 is 10.6 Å². The summed E-state index contributed by atoms with van der Waals surface area (Å²) in [7, 11) is -2.08. The largest absolute Gasteiger partial charge is 0.355 e. The van der Waals surface area contributed by atoms with Crippen LogP contribution in [-0.4, -0.2) is 27.2 Å². The van der Waals surface area contributed by atoms with Gasteiger partial charge in [-0.3, -0.25) is 4.79 Å². The zero-order chi connectivity index (χ0) is 15.7. The van der Waals surface area contributed by atoms with Crippen LogP contribution in [0.15, 0.2) is 57.8 Å². The SMILES string of the molecule is CNC(=O)c1ccc(NC2=NS(=O)(=O)c3ccccc32)cc1. The Balaban J connectivity index is 1.90. The number of nitrogens with zero attached hydrogens (tertiary/aromatic N) is 1. The van der Waals surface area contributed by atoms with Crippen LogP contribution in [0.4, 0.5) is 5.69 Å². The van der Waals surface area contributed by atoms with E-state index in [1.807, 2.05) is 0 Å². The van der Waals surface area contributed by atoms with Gasteiger partial charge in [-0.2, -0.15) is 8.42 Å². The molecule has 0 aromatic heterocycles. The smallest absolute Gasteiger partial charge is 0.285 e. The summed E-state index contributed by atoms with van der Waals surface area (Å²) in [6.07, 6.45) is 0. The lowest BCUT2D eigenvalue weighted by Crippen LogP contribution is -2.17. The Morgan fingerprint density at radius 1 is 1.05 bits per heavy atom. The molecule has 0 unspecified atom stereocenters. The third kappa shape index (κ3) is 2.46. The van der Waals surface area contributed by atoms with Gasteiger partial charge in [0.15, 0.2) is 5.84 Å². The van der Waals surface area contributed by atoms with Crippen LogP contribution < -0.4 is 10.6 Å². The molecule has 0 bridgehead atoms. The topological polar surface area (TPSA) is 87.6 Å². The molecular formula is C15H13N3O3S. The number of benzene rings is 2. The van der Waals surface area contributed by atoms with E-state index in [1.165, 1.54) is 6.07 Å². The fraction of sp³-hybridized carbons (Fsp3) is 0.0667. The minimum absolute atomic E-state index is 0.183. The van der Waals surface area contributed by atoms with Crippen molar-refractivity contribution in [2.45, 2.75) is 4.90 Å². The van der Waals surface area contributed by atoms with Gasteiger partial charge in [-0.15, -0.1) is 4.40 Å². The van der Waals surface area contributed by atoms with Gasteiger partial charge in [0, 0.05) is 23.9 Å². The molecule has 112 valence electrons. The van der Waals surface area contributed by atoms with Crippen molar-refractivity contribution >= 4 is 27.5 Å². The minimum atomic E-state index is -3.64. The Labute approximate surface area is 127 Å². The molecule has 1 heterocycles. The highest BCUT2D eigenvalue weighted by Crippen LogP contribution is 2.26. The molecular weight excluding hydrogens is 302 g/mol. The Morgan fingerprint density at radius 2 is 1.73 bits per heavy atom. The van der Waals surface area contributed by atoms with Crippen LogP contribution in [0.3, 0.4) is 0 Å². The number of amides is 1. The molecule has 0 aliphatic carbocycles. The first-order valence-corrected chi connectivity index (χ1v) is 7.99. The van der Waals surface area contributed by atoms with Gasteiger partial charge in [-0.25, -0.2) is 0 Å². The number of nitrogens with one attached hydrogen (secondary N) is 2. The third-order valence-corrected chi connectivity index (χ3v) is 4.60. The Kier molecular flexibility index (Phi) is 3.42. The third-order valence-electron chi connectivity index (χ3n) is 3.27. The van der Waals surface area contributed by atoms with Gasteiger partial charge in [0.25, 0.3) is 15.9 Å². The van der Waals surface area contributed by atoms with Gasteiger partial charge in [-0.1, -0.05) is 12.1 Å². The van der Waals surface area contributed by atoms with Crippen molar-refractivity contribution in [3.8, 4) is 0 Å². The van der Waals surface area contributed by atoms with Crippen molar-refractivity contribution in [3.05, 3.63) is 59.7 Å². The predicted molar refractivity (Wildman–Crippen MR) is 83.6 cm³/mol. The molecule has 1 amide bonds. The molecule has 3 rings (SSSR count). The van der Waals surface area contributed by atoms with Gasteiger partial charge in [0.05, 0.1) is 0 Å². The normalized spacial score (nSPS) is 14.9. The second-order valence-corrected chi connectivity index (χ2v) is 6.27. The van der Waals surface area contributed by atoms with E-state index in [2.05, 4.69) is 15.0 Å². The number of anilines is 1. The van der Waals surface area contributed by atoms with Crippen molar-refractivity contribution in [2.75, 3.05) is 12.4 Å². The van der Waals surface area contributed by atoms with Crippen LogP contribution >= 0.6 is 0 Å². The average Bonchev–Trinajstić information content (AvgIpc) is 2.79. The second-order valence-electron chi connectivity index (χ2n) is 4.69. The molecule has 0 atom stereocenters. The summed E-state index contributed by atoms with van der Waals surface area (Å²) in [6.45, 7) is 0. The average molecular weight is 315 g/mol. The van der Waals surface area contributed by atoms with Crippen LogP contribution in [-0.2, 0) is 10.0 Å². The van der Waals surface area contributed by atoms with Crippen LogP contribution in [0.2, 0.25) is 0 Å². The minimum Gasteiger partial charge on any atom is -0.355 e. The van der Waals surface area contributed by atoms with Crippen molar-refractivity contribution in [2.24, 2.45) is 4.40 Å². The lowest BCUT2D eigenvalue weighted by molar-refractivity contribution is 0.0963. The maximum absolute atomic E-state index is 12.0. The lowest BCUT2D eigenvalue weighted by atomic mass is 10.1. The van der Waals surface area contributed by atoms with Gasteiger partial charge >= 0.3 is 0 Å². The lowest BCUT2D eigenvalue weighted by Gasteiger charge is -2.07. The highest BCUT2D eigenvalue weighted by atomic mass is 32.2. The molecule has 0 saturated carbocycles. The molecule has 6 nitrogen and oxygen atoms in total. The Morgan fingerprint density at radius 3 is 2.41 bits per heavy atom. The second kappa shape index (κ2) is 5.27. The molecule has 7 heteroatoms. The summed E-state index contributed by atoms with van der Waals surface area (Å²) < 4.78 is 27.7. The van der Waals surface area contributed by atoms with Crippen molar-refractivity contribution in [1.82, 2.24) is 5.32 Å². The zero-order valence-corrected chi connectivity index (χ0v) is 12.5. The molecule has 0 saturated heterocycles. The first-order chi connectivity index (χ1) is 10.5. The van der Waals surface area contributed by atoms with Crippen molar-refractivity contribution in [1.29, 1.82) is 0 Å². The highest BCUT2D eigenvalue weighted by molar-refractivity contribution is 7.90. The van der Waals surface area contributed by atoms with Gasteiger partial charge in [0.1, 0.15) is 4.90 Å². The maximum Gasteiger partial charge on any atom is 0.285 e. The summed E-state index contributed by atoms with van der Waals surface area (Å²) in [5, 5.41) is 5.51. The maximum atomic E-state index is 12.0. The molecule has 2 aromatic carbocycles. The summed E-state index contributed by atoms with van der Waals surface area (Å²) >= 11 is 0. The van der Waals surface area contributed by atoms with E-state index < -0.39 is 10.0 Å². The molecule has 1 aliphatic heterocycles. The van der Waals surface area contributed by atoms with Crippen LogP contribution in [0.5, 0.6) is 0 Å². The standard InChI is InChI=1S/C15H13N3O3S/c1-16-15(19)10-6-8-11(9-7-10)17-14-12-4-2-3-5-13(12)22(20,21)18-14/h2-9H,1H3,(H,16,19)(H,17,18). The van der Waals surface area contributed by atoms with E-state index in [0.717, 1.165) is 0 Å². The molecule has 22 heavy (non-hydrogen) atoms. The summed E-state index contributed by atoms with van der Waals surface area (Å²) in [6, 6.07) is 13.3. The van der Waals surface area contributed by atoms with E-state index in [4.69, 9.17) is 0 Å². The van der Waals surface area contributed by atoms with Gasteiger partial charge in [-0.05, 0) is 36.4 Å². The number of carbonyl (C=O) groups excluding carboxylic acids is 1. The van der Waals surface area contributed by atoms with Gasteiger partial charge in [0.2, 0.25) is 0 Å². The number of hydrogen-bond acceptors (Lipinski definition) is 4. The predicted octanol–water partition coefficient (Wildman–Crippen LogP) is 1.61. The summed E-state index contributed by atoms with van der Waals surface area (Å²) in [4.78, 5) is 11.7. The van der Waals surface area contributed by atoms with Crippen LogP contribution in [0.1, 0.15) is 15.9 Å². The summed E-state index contributed by atoms with van der Waals surface area (Å²) in [5.74, 6) is 0.0981. The molecule has 0 fully saturated rings. The van der Waals surface area contributed by atoms with E-state index in [0.29, 0.717) is 16.8 Å². The zero-order valence-electron chi connectivity index (χ0n) is 11.7. The first-order valence-electron chi connectivity index (χ1n) is 6.55. The Bertz CT molecular complexity index is 871. The van der Waals surface area contributed by atoms with E-state index in [1.54, 1.807) is 49.5 Å². The molecule has 2 N–H and O–H groups in total. The molecule has 1 aliphatic rings. The van der Waals surface area contributed by atoms with Crippen molar-refractivity contribution < 1.29 is 13.2 Å². The monoisotopic (exact) mass is 315 g/mol. The molecule has 0 spiro atoms. The number of carbonyl (C=O) groups is 1. The van der Waals surface area contributed by atoms with E-state index in [9.17, 15) is 13.2 Å². The number of rotatable bonds is 2. The number of hydrogen-bond donors (Lipinski definition) is 2. The van der Waals surface area contributed by atoms with E-state index in [-0.39, 0.29) is 16.6 Å². The number of amidine groups is 1. The molecule has 0 radical (unpaired) electrons. The first kappa shape index (κ1) is 14.3. The fourth-order valence-corrected chi connectivity index (χ4v) is 3.36. The molecule has 2 aromatic rings. The summed E-state index contributed by atoms with van der Waals surface area (Å²) in [5.41, 5.74) is 1.71. The van der Waals surface area contributed by atoms with E-state index >= 15 is 0 Å². The highest BCUT2D eigenvalue weighted by Gasteiger charge is 2.28. The van der Waals surface area contributed by atoms with Crippen LogP contribution in [0.25, 0.3) is 0 Å². The van der Waals surface area contributed by atoms with Crippen molar-refractivity contribution in [3.63, 3.8) is 0 Å². The fourth-order valence-electron chi connectivity index (χ4n) is 2.18. The Hall–Kier alpha value is -2.67. The number of fused-ring (bicyclic) bond motifs is 1. The van der Waals surface area contributed by atoms with Crippen LogP contribution in [0, 0.1) is 0 Å². The number of sulfonamides is 1.